The zero-order chi connectivity index (χ0) is 23.0. The number of halogens is 2. The van der Waals surface area contributed by atoms with Gasteiger partial charge in [0.25, 0.3) is 5.92 Å². The maximum absolute atomic E-state index is 13.6. The van der Waals surface area contributed by atoms with Crippen molar-refractivity contribution in [3.63, 3.8) is 0 Å². The van der Waals surface area contributed by atoms with Gasteiger partial charge in [0.15, 0.2) is 5.65 Å². The quantitative estimate of drug-likeness (QED) is 0.754. The molecule has 0 bridgehead atoms. The van der Waals surface area contributed by atoms with E-state index < -0.39 is 30.3 Å². The number of alkyl halides is 2. The largest absolute Gasteiger partial charge is 0.349 e. The van der Waals surface area contributed by atoms with Gasteiger partial charge in [-0.25, -0.2) is 18.3 Å². The molecule has 0 spiro atoms. The maximum atomic E-state index is 13.6. The minimum atomic E-state index is -2.89. The molecule has 4 rings (SSSR count). The van der Waals surface area contributed by atoms with E-state index in [-0.39, 0.29) is 24.8 Å². The molecule has 0 radical (unpaired) electrons. The van der Waals surface area contributed by atoms with Gasteiger partial charge in [0.2, 0.25) is 11.8 Å². The van der Waals surface area contributed by atoms with Gasteiger partial charge >= 0.3 is 0 Å². The molecule has 32 heavy (non-hydrogen) atoms. The number of nitrogens with zero attached hydrogens (tertiary/aromatic N) is 5. The molecule has 1 aliphatic heterocycles. The molecule has 2 aliphatic rings. The summed E-state index contributed by atoms with van der Waals surface area (Å²) in [5.74, 6) is -4.13. The fourth-order valence-electron chi connectivity index (χ4n) is 5.12. The van der Waals surface area contributed by atoms with Crippen LogP contribution in [0.1, 0.15) is 43.6 Å². The fraction of sp³-hybridized carbons (Fsp3) is 0.636. The van der Waals surface area contributed by atoms with Gasteiger partial charge in [-0.2, -0.15) is 5.10 Å². The molecule has 1 aliphatic carbocycles. The Morgan fingerprint density at radius 2 is 1.94 bits per heavy atom. The first kappa shape index (κ1) is 22.6. The predicted molar refractivity (Wildman–Crippen MR) is 114 cm³/mol. The third kappa shape index (κ3) is 4.46. The number of hydrogen-bond donors (Lipinski definition) is 1. The summed E-state index contributed by atoms with van der Waals surface area (Å²) in [4.78, 5) is 32.6. The third-order valence-electron chi connectivity index (χ3n) is 6.93. The van der Waals surface area contributed by atoms with E-state index in [4.69, 9.17) is 5.73 Å². The first-order chi connectivity index (χ1) is 15.2. The molecule has 1 saturated carbocycles. The lowest BCUT2D eigenvalue weighted by Crippen LogP contribution is -2.54. The second-order valence-electron chi connectivity index (χ2n) is 9.29. The molecule has 3 heterocycles. The number of amides is 2. The minimum absolute atomic E-state index is 0.0279. The Kier molecular flexibility index (Phi) is 6.15. The number of rotatable bonds is 5. The van der Waals surface area contributed by atoms with Crippen LogP contribution in [0.15, 0.2) is 24.7 Å². The molecule has 2 aromatic heterocycles. The van der Waals surface area contributed by atoms with Crippen LogP contribution in [0.25, 0.3) is 5.65 Å². The first-order valence-corrected chi connectivity index (χ1v) is 11.1. The Morgan fingerprint density at radius 1 is 1.22 bits per heavy atom. The zero-order valence-electron chi connectivity index (χ0n) is 18.5. The van der Waals surface area contributed by atoms with E-state index in [1.54, 1.807) is 18.6 Å². The van der Waals surface area contributed by atoms with Crippen molar-refractivity contribution >= 4 is 17.5 Å². The van der Waals surface area contributed by atoms with Crippen molar-refractivity contribution in [2.24, 2.45) is 17.6 Å². The molecular weight excluding hydrogens is 418 g/mol. The minimum Gasteiger partial charge on any atom is -0.349 e. The Hall–Kier alpha value is -2.62. The first-order valence-electron chi connectivity index (χ1n) is 11.1. The summed E-state index contributed by atoms with van der Waals surface area (Å²) in [6.45, 7) is -0.653. The number of carbonyl (C=O) groups is 2. The SMILES string of the molecule is CN(C)C(=O)C(C1CCC(c2ccc3ncnn3c2)CC1)[C@H](N)C(=O)N1CCC(F)(F)C1. The molecular formula is C22H30F2N6O2. The van der Waals surface area contributed by atoms with E-state index >= 15 is 0 Å². The number of nitrogens with two attached hydrogens (primary N) is 1. The highest BCUT2D eigenvalue weighted by atomic mass is 19.3. The van der Waals surface area contributed by atoms with E-state index in [0.29, 0.717) is 5.92 Å². The summed E-state index contributed by atoms with van der Waals surface area (Å²) in [5, 5.41) is 4.19. The third-order valence-corrected chi connectivity index (χ3v) is 6.93. The molecule has 1 unspecified atom stereocenters. The van der Waals surface area contributed by atoms with Crippen molar-refractivity contribution in [3.8, 4) is 0 Å². The van der Waals surface area contributed by atoms with Crippen molar-refractivity contribution in [2.45, 2.75) is 50.0 Å². The number of pyridine rings is 1. The van der Waals surface area contributed by atoms with Crippen LogP contribution < -0.4 is 5.73 Å². The molecule has 8 nitrogen and oxygen atoms in total. The number of carbonyl (C=O) groups excluding carboxylic acids is 2. The Bertz CT molecular complexity index is 986. The van der Waals surface area contributed by atoms with Gasteiger partial charge in [-0.3, -0.25) is 9.59 Å². The van der Waals surface area contributed by atoms with Crippen LogP contribution in [-0.4, -0.2) is 75.4 Å². The molecule has 2 N–H and O–H groups in total. The topological polar surface area (TPSA) is 96.8 Å². The van der Waals surface area contributed by atoms with Gasteiger partial charge in [0.05, 0.1) is 18.5 Å². The summed E-state index contributed by atoms with van der Waals surface area (Å²) in [6, 6.07) is 2.87. The lowest BCUT2D eigenvalue weighted by atomic mass is 9.71. The summed E-state index contributed by atoms with van der Waals surface area (Å²) >= 11 is 0. The molecule has 2 amide bonds. The van der Waals surface area contributed by atoms with Crippen LogP contribution in [0, 0.1) is 11.8 Å². The highest BCUT2D eigenvalue weighted by molar-refractivity contribution is 5.90. The highest BCUT2D eigenvalue weighted by Crippen LogP contribution is 2.40. The number of hydrogen-bond acceptors (Lipinski definition) is 5. The van der Waals surface area contributed by atoms with Gasteiger partial charge in [0.1, 0.15) is 6.33 Å². The van der Waals surface area contributed by atoms with E-state index in [1.807, 2.05) is 12.3 Å². The fourth-order valence-corrected chi connectivity index (χ4v) is 5.12. The van der Waals surface area contributed by atoms with Gasteiger partial charge in [-0.15, -0.1) is 0 Å². The van der Waals surface area contributed by atoms with Gasteiger partial charge in [-0.05, 0) is 49.1 Å². The predicted octanol–water partition coefficient (Wildman–Crippen LogP) is 1.90. The van der Waals surface area contributed by atoms with Crippen LogP contribution in [0.3, 0.4) is 0 Å². The zero-order valence-corrected chi connectivity index (χ0v) is 18.5. The van der Waals surface area contributed by atoms with Crippen LogP contribution in [0.2, 0.25) is 0 Å². The molecule has 10 heteroatoms. The average molecular weight is 449 g/mol. The van der Waals surface area contributed by atoms with E-state index in [9.17, 15) is 18.4 Å². The molecule has 2 aromatic rings. The van der Waals surface area contributed by atoms with Gasteiger partial charge in [-0.1, -0.05) is 6.07 Å². The summed E-state index contributed by atoms with van der Waals surface area (Å²) in [5.41, 5.74) is 8.24. The lowest BCUT2D eigenvalue weighted by Gasteiger charge is -2.37. The van der Waals surface area contributed by atoms with E-state index in [1.165, 1.54) is 11.2 Å². The average Bonchev–Trinajstić information content (AvgIpc) is 3.38. The molecule has 1 saturated heterocycles. The molecule has 0 aromatic carbocycles. The van der Waals surface area contributed by atoms with Crippen molar-refractivity contribution in [1.82, 2.24) is 24.4 Å². The van der Waals surface area contributed by atoms with Crippen molar-refractivity contribution in [3.05, 3.63) is 30.2 Å². The standard InChI is InChI=1S/C22H30F2N6O2/c1-28(2)20(31)18(19(25)21(32)29-10-9-22(23,24)12-29)15-5-3-14(4-6-15)16-7-8-17-26-13-27-30(17)11-16/h7-8,11,13-15,18-19H,3-6,9-10,12,25H2,1-2H3/t14?,15?,18?,19-/m0/s1. The smallest absolute Gasteiger partial charge is 0.267 e. The summed E-state index contributed by atoms with van der Waals surface area (Å²) in [6.07, 6.45) is 6.32. The highest BCUT2D eigenvalue weighted by Gasteiger charge is 2.46. The second-order valence-corrected chi connectivity index (χ2v) is 9.29. The van der Waals surface area contributed by atoms with Crippen LogP contribution >= 0.6 is 0 Å². The normalized spacial score (nSPS) is 25.0. The molecule has 2 atom stereocenters. The van der Waals surface area contributed by atoms with E-state index in [0.717, 1.165) is 41.8 Å². The van der Waals surface area contributed by atoms with Gasteiger partial charge < -0.3 is 15.5 Å². The Morgan fingerprint density at radius 3 is 2.56 bits per heavy atom. The summed E-state index contributed by atoms with van der Waals surface area (Å²) < 4.78 is 29.0. The lowest BCUT2D eigenvalue weighted by molar-refractivity contribution is -0.144. The van der Waals surface area contributed by atoms with Crippen LogP contribution in [0.4, 0.5) is 8.78 Å². The number of aromatic nitrogens is 3. The molecule has 2 fully saturated rings. The van der Waals surface area contributed by atoms with Gasteiger partial charge in [0, 0.05) is 33.3 Å². The van der Waals surface area contributed by atoms with Crippen molar-refractivity contribution < 1.29 is 18.4 Å². The number of likely N-dealkylation sites (tertiary alicyclic amines) is 1. The summed E-state index contributed by atoms with van der Waals surface area (Å²) in [7, 11) is 3.27. The van der Waals surface area contributed by atoms with Crippen LogP contribution in [-0.2, 0) is 9.59 Å². The Balaban J connectivity index is 1.46. The van der Waals surface area contributed by atoms with Crippen LogP contribution in [0.5, 0.6) is 0 Å². The van der Waals surface area contributed by atoms with Crippen molar-refractivity contribution in [1.29, 1.82) is 0 Å². The number of fused-ring (bicyclic) bond motifs is 1. The second kappa shape index (κ2) is 8.73. The maximum Gasteiger partial charge on any atom is 0.267 e. The monoisotopic (exact) mass is 448 g/mol. The molecule has 174 valence electrons. The Labute approximate surface area is 185 Å². The van der Waals surface area contributed by atoms with Crippen molar-refractivity contribution in [2.75, 3.05) is 27.2 Å². The van der Waals surface area contributed by atoms with E-state index in [2.05, 4.69) is 16.1 Å².